The summed E-state index contributed by atoms with van der Waals surface area (Å²) in [6.07, 6.45) is 1.24. The molecular weight excluding hydrogens is 198 g/mol. The van der Waals surface area contributed by atoms with Crippen molar-refractivity contribution in [2.24, 2.45) is 12.8 Å². The molecule has 0 aliphatic rings. The minimum absolute atomic E-state index is 0.00856. The maximum atomic E-state index is 10.6. The van der Waals surface area contributed by atoms with E-state index in [2.05, 4.69) is 4.98 Å². The van der Waals surface area contributed by atoms with E-state index in [0.717, 1.165) is 0 Å². The minimum atomic E-state index is -0.462. The van der Waals surface area contributed by atoms with Crippen molar-refractivity contribution >= 4 is 11.8 Å². The molecule has 15 heavy (non-hydrogen) atoms. The summed E-state index contributed by atoms with van der Waals surface area (Å²) in [4.78, 5) is 15.9. The van der Waals surface area contributed by atoms with Gasteiger partial charge in [-0.3, -0.25) is 0 Å². The first-order chi connectivity index (χ1) is 6.93. The molecule has 0 aliphatic heterocycles. The van der Waals surface area contributed by atoms with Gasteiger partial charge < -0.3 is 20.7 Å². The lowest BCUT2D eigenvalue weighted by Gasteiger charge is -2.17. The fraction of sp³-hybridized carbons (Fsp3) is 0.625. The molecule has 0 aliphatic carbocycles. The summed E-state index contributed by atoms with van der Waals surface area (Å²) in [5.74, 6) is 0.514. The van der Waals surface area contributed by atoms with Gasteiger partial charge in [0, 0.05) is 19.6 Å². The van der Waals surface area contributed by atoms with E-state index in [4.69, 9.17) is 5.73 Å². The van der Waals surface area contributed by atoms with Gasteiger partial charge in [-0.05, 0) is 11.8 Å². The topological polar surface area (TPSA) is 90.2 Å². The second-order valence-electron chi connectivity index (χ2n) is 3.59. The Bertz CT molecular complexity index is 360. The number of rotatable bonds is 4. The van der Waals surface area contributed by atoms with Crippen LogP contribution in [-0.2, 0) is 7.05 Å². The Hall–Kier alpha value is -1.63. The number of likely N-dealkylation sites (N-methyl/N-ethyl adjacent to an activating group) is 1. The van der Waals surface area contributed by atoms with Gasteiger partial charge in [0.1, 0.15) is 6.20 Å². The quantitative estimate of drug-likeness (QED) is 0.566. The van der Waals surface area contributed by atoms with Gasteiger partial charge in [-0.15, -0.1) is 0 Å². The Morgan fingerprint density at radius 2 is 2.40 bits per heavy atom. The van der Waals surface area contributed by atoms with Gasteiger partial charge in [0.15, 0.2) is 0 Å². The van der Waals surface area contributed by atoms with Crippen molar-refractivity contribution in [3.63, 3.8) is 0 Å². The molecule has 0 saturated carbocycles. The first kappa shape index (κ1) is 11.4. The molecule has 7 nitrogen and oxygen atoms in total. The largest absolute Gasteiger partial charge is 0.358 e. The maximum Gasteiger partial charge on any atom is 0.344 e. The molecule has 1 atom stereocenters. The monoisotopic (exact) mass is 213 g/mol. The third-order valence-electron chi connectivity index (χ3n) is 2.03. The molecule has 0 spiro atoms. The molecule has 84 valence electrons. The van der Waals surface area contributed by atoms with Crippen LogP contribution < -0.4 is 10.6 Å². The molecule has 2 N–H and O–H groups in total. The average Bonchev–Trinajstić information content (AvgIpc) is 2.45. The van der Waals surface area contributed by atoms with E-state index in [-0.39, 0.29) is 11.9 Å². The Morgan fingerprint density at radius 1 is 1.80 bits per heavy atom. The van der Waals surface area contributed by atoms with Crippen LogP contribution in [0.3, 0.4) is 0 Å². The second-order valence-corrected chi connectivity index (χ2v) is 3.59. The summed E-state index contributed by atoms with van der Waals surface area (Å²) in [6.45, 7) is 2.47. The summed E-state index contributed by atoms with van der Waals surface area (Å²) < 4.78 is 1.43. The Balaban J connectivity index is 2.91. The Labute approximate surface area is 87.6 Å². The van der Waals surface area contributed by atoms with E-state index in [1.807, 2.05) is 6.92 Å². The number of hydrogen-bond donors (Lipinski definition) is 1. The third kappa shape index (κ3) is 2.44. The summed E-state index contributed by atoms with van der Waals surface area (Å²) in [7, 11) is 3.41. The minimum Gasteiger partial charge on any atom is -0.358 e. The fourth-order valence-corrected chi connectivity index (χ4v) is 1.43. The van der Waals surface area contributed by atoms with Gasteiger partial charge in [0.25, 0.3) is 5.95 Å². The Morgan fingerprint density at radius 3 is 2.80 bits per heavy atom. The van der Waals surface area contributed by atoms with Crippen molar-refractivity contribution < 1.29 is 4.92 Å². The van der Waals surface area contributed by atoms with Crippen LogP contribution in [0.2, 0.25) is 0 Å². The summed E-state index contributed by atoms with van der Waals surface area (Å²) in [5, 5.41) is 10.6. The highest BCUT2D eigenvalue weighted by Crippen LogP contribution is 2.17. The maximum absolute atomic E-state index is 10.6. The molecule has 0 fully saturated rings. The molecule has 1 heterocycles. The zero-order valence-corrected chi connectivity index (χ0v) is 9.04. The van der Waals surface area contributed by atoms with Crippen LogP contribution in [0.4, 0.5) is 11.8 Å². The summed E-state index contributed by atoms with van der Waals surface area (Å²) in [5.41, 5.74) is 5.63. The molecule has 0 bridgehead atoms. The van der Waals surface area contributed by atoms with Crippen molar-refractivity contribution in [1.82, 2.24) is 9.55 Å². The van der Waals surface area contributed by atoms with Gasteiger partial charge in [-0.25, -0.2) is 0 Å². The lowest BCUT2D eigenvalue weighted by molar-refractivity contribution is -0.391. The van der Waals surface area contributed by atoms with E-state index < -0.39 is 4.92 Å². The van der Waals surface area contributed by atoms with Gasteiger partial charge in [-0.2, -0.15) is 9.55 Å². The highest BCUT2D eigenvalue weighted by molar-refractivity contribution is 5.37. The molecular formula is C8H15N5O2. The molecule has 0 aromatic carbocycles. The fourth-order valence-electron chi connectivity index (χ4n) is 1.43. The van der Waals surface area contributed by atoms with Crippen LogP contribution in [0.5, 0.6) is 0 Å². The molecule has 7 heteroatoms. The lowest BCUT2D eigenvalue weighted by atomic mass is 10.3. The van der Waals surface area contributed by atoms with Crippen molar-refractivity contribution in [3.05, 3.63) is 16.3 Å². The van der Waals surface area contributed by atoms with E-state index >= 15 is 0 Å². The van der Waals surface area contributed by atoms with Gasteiger partial charge in [0.2, 0.25) is 0 Å². The average molecular weight is 213 g/mol. The molecule has 0 saturated heterocycles. The van der Waals surface area contributed by atoms with Crippen LogP contribution in [-0.4, -0.2) is 34.1 Å². The van der Waals surface area contributed by atoms with Crippen molar-refractivity contribution in [2.75, 3.05) is 18.5 Å². The second kappa shape index (κ2) is 4.26. The zero-order valence-electron chi connectivity index (χ0n) is 9.04. The van der Waals surface area contributed by atoms with Crippen LogP contribution in [0.25, 0.3) is 0 Å². The van der Waals surface area contributed by atoms with Crippen LogP contribution in [0.15, 0.2) is 6.20 Å². The number of hydrogen-bond acceptors (Lipinski definition) is 5. The molecule has 1 aromatic heterocycles. The van der Waals surface area contributed by atoms with Crippen molar-refractivity contribution in [3.8, 4) is 0 Å². The van der Waals surface area contributed by atoms with Crippen LogP contribution >= 0.6 is 0 Å². The first-order valence-corrected chi connectivity index (χ1v) is 4.56. The van der Waals surface area contributed by atoms with Gasteiger partial charge in [0.05, 0.1) is 7.05 Å². The zero-order chi connectivity index (χ0) is 11.6. The molecule has 1 aromatic rings. The smallest absolute Gasteiger partial charge is 0.344 e. The Kier molecular flexibility index (Phi) is 3.25. The third-order valence-corrected chi connectivity index (χ3v) is 2.03. The molecule has 0 amide bonds. The summed E-state index contributed by atoms with van der Waals surface area (Å²) >= 11 is 0. The molecule has 1 rings (SSSR count). The van der Waals surface area contributed by atoms with Crippen molar-refractivity contribution in [2.45, 2.75) is 13.0 Å². The number of nitrogens with zero attached hydrogens (tertiary/aromatic N) is 4. The van der Waals surface area contributed by atoms with Crippen LogP contribution in [0, 0.1) is 10.1 Å². The van der Waals surface area contributed by atoms with Gasteiger partial charge in [-0.1, -0.05) is 0 Å². The van der Waals surface area contributed by atoms with E-state index in [9.17, 15) is 10.1 Å². The lowest BCUT2D eigenvalue weighted by Crippen LogP contribution is -2.34. The highest BCUT2D eigenvalue weighted by Gasteiger charge is 2.19. The number of nitrogens with two attached hydrogens (primary N) is 1. The summed E-state index contributed by atoms with van der Waals surface area (Å²) in [6, 6.07) is -0.00856. The van der Waals surface area contributed by atoms with Crippen molar-refractivity contribution in [1.29, 1.82) is 0 Å². The van der Waals surface area contributed by atoms with E-state index in [1.54, 1.807) is 19.0 Å². The predicted octanol–water partition coefficient (Wildman–Crippen LogP) is 0.112. The van der Waals surface area contributed by atoms with Crippen LogP contribution in [0.1, 0.15) is 6.92 Å². The number of nitro groups is 1. The first-order valence-electron chi connectivity index (χ1n) is 4.56. The van der Waals surface area contributed by atoms with E-state index in [0.29, 0.717) is 12.5 Å². The normalized spacial score (nSPS) is 12.5. The molecule has 0 radical (unpaired) electrons. The van der Waals surface area contributed by atoms with Gasteiger partial charge >= 0.3 is 5.82 Å². The predicted molar refractivity (Wildman–Crippen MR) is 56.8 cm³/mol. The standard InChI is InChI=1S/C8H15N5O2/c1-6(9)5-11(2)8-10-4-7(12(8)3)13(14)15/h4,6H,5,9H2,1-3H3. The SMILES string of the molecule is CC(N)CN(C)c1ncc([N+](=O)[O-])n1C. The number of imidazole rings is 1. The highest BCUT2D eigenvalue weighted by atomic mass is 16.6. The number of anilines is 1. The van der Waals surface area contributed by atoms with E-state index in [1.165, 1.54) is 10.8 Å². The number of aromatic nitrogens is 2. The molecule has 1 unspecified atom stereocenters.